The average molecular weight is 491 g/mol. The van der Waals surface area contributed by atoms with E-state index in [4.69, 9.17) is 27.9 Å². The van der Waals surface area contributed by atoms with Crippen molar-refractivity contribution in [2.24, 2.45) is 5.16 Å². The van der Waals surface area contributed by atoms with Crippen molar-refractivity contribution < 1.29 is 33.7 Å². The number of rotatable bonds is 6. The molecule has 3 heterocycles. The number of nitrogens with zero attached hydrogens (tertiary/aromatic N) is 3. The van der Waals surface area contributed by atoms with Gasteiger partial charge in [0.2, 0.25) is 0 Å². The molecule has 1 fully saturated rings. The molecule has 2 aromatic heterocycles. The predicted molar refractivity (Wildman–Crippen MR) is 109 cm³/mol. The highest BCUT2D eigenvalue weighted by molar-refractivity contribution is 6.42. The van der Waals surface area contributed by atoms with Gasteiger partial charge in [0.25, 0.3) is 6.43 Å². The number of hydrogen-bond donors (Lipinski definition) is 4. The number of hydrogen-bond acceptors (Lipinski definition) is 7. The molecule has 9 nitrogen and oxygen atoms in total. The molecular weight excluding hydrogens is 473 g/mol. The van der Waals surface area contributed by atoms with Gasteiger partial charge in [0, 0.05) is 6.20 Å². The Kier molecular flexibility index (Phi) is 6.65. The molecule has 3 aromatic rings. The molecular formula is C19H18Cl2F2N4O5. The lowest BCUT2D eigenvalue weighted by Crippen LogP contribution is -2.34. The van der Waals surface area contributed by atoms with E-state index in [0.29, 0.717) is 16.0 Å². The van der Waals surface area contributed by atoms with Gasteiger partial charge in [-0.15, -0.1) is 0 Å². The van der Waals surface area contributed by atoms with Crippen LogP contribution in [0.1, 0.15) is 17.9 Å². The smallest absolute Gasteiger partial charge is 0.274 e. The summed E-state index contributed by atoms with van der Waals surface area (Å²) < 4.78 is 31.8. The van der Waals surface area contributed by atoms with Crippen molar-refractivity contribution in [1.29, 1.82) is 0 Å². The van der Waals surface area contributed by atoms with Crippen LogP contribution in [-0.2, 0) is 9.57 Å². The van der Waals surface area contributed by atoms with E-state index in [1.54, 1.807) is 6.07 Å². The second-order valence-electron chi connectivity index (χ2n) is 7.08. The van der Waals surface area contributed by atoms with Crippen molar-refractivity contribution in [3.05, 3.63) is 57.9 Å². The summed E-state index contributed by atoms with van der Waals surface area (Å²) in [7, 11) is 0. The quantitative estimate of drug-likeness (QED) is 0.392. The van der Waals surface area contributed by atoms with Gasteiger partial charge in [-0.3, -0.25) is 0 Å². The normalized spacial score (nSPS) is 25.1. The van der Waals surface area contributed by atoms with Gasteiger partial charge in [0.1, 0.15) is 30.1 Å². The fourth-order valence-corrected chi connectivity index (χ4v) is 3.80. The van der Waals surface area contributed by atoms with E-state index in [1.165, 1.54) is 35.3 Å². The van der Waals surface area contributed by atoms with Crippen molar-refractivity contribution in [3.8, 4) is 0 Å². The Morgan fingerprint density at radius 3 is 2.72 bits per heavy atom. The van der Waals surface area contributed by atoms with Crippen LogP contribution in [0.4, 0.5) is 8.78 Å². The first-order valence-corrected chi connectivity index (χ1v) is 10.2. The second kappa shape index (κ2) is 9.30. The van der Waals surface area contributed by atoms with Gasteiger partial charge in [0.05, 0.1) is 21.8 Å². The topological polar surface area (TPSA) is 125 Å². The molecule has 1 saturated heterocycles. The van der Waals surface area contributed by atoms with Crippen LogP contribution in [0.3, 0.4) is 0 Å². The van der Waals surface area contributed by atoms with Gasteiger partial charge >= 0.3 is 0 Å². The predicted octanol–water partition coefficient (Wildman–Crippen LogP) is 2.12. The molecule has 172 valence electrons. The Balaban J connectivity index is 1.62. The zero-order chi connectivity index (χ0) is 23.0. The van der Waals surface area contributed by atoms with E-state index < -0.39 is 43.7 Å². The van der Waals surface area contributed by atoms with Crippen molar-refractivity contribution in [1.82, 2.24) is 14.5 Å². The largest absolute Gasteiger partial charge is 0.388 e. The summed E-state index contributed by atoms with van der Waals surface area (Å²) in [6.07, 6.45) is -6.33. The monoisotopic (exact) mass is 490 g/mol. The van der Waals surface area contributed by atoms with E-state index in [1.807, 2.05) is 0 Å². The van der Waals surface area contributed by atoms with E-state index >= 15 is 0 Å². The molecule has 0 amide bonds. The summed E-state index contributed by atoms with van der Waals surface area (Å²) in [4.78, 5) is 11.5. The summed E-state index contributed by atoms with van der Waals surface area (Å²) in [5.41, 5.74) is 0.762. The lowest BCUT2D eigenvalue weighted by atomic mass is 9.99. The highest BCUT2D eigenvalue weighted by Gasteiger charge is 2.47. The van der Waals surface area contributed by atoms with Crippen LogP contribution in [-0.4, -0.2) is 61.2 Å². The van der Waals surface area contributed by atoms with Crippen LogP contribution in [0.5, 0.6) is 0 Å². The zero-order valence-corrected chi connectivity index (χ0v) is 17.7. The van der Waals surface area contributed by atoms with Crippen molar-refractivity contribution in [3.63, 3.8) is 0 Å². The summed E-state index contributed by atoms with van der Waals surface area (Å²) >= 11 is 11.9. The first-order chi connectivity index (χ1) is 15.3. The lowest BCUT2D eigenvalue weighted by Gasteiger charge is -2.21. The summed E-state index contributed by atoms with van der Waals surface area (Å²) in [6, 6.07) is 6.04. The zero-order valence-electron chi connectivity index (χ0n) is 16.1. The first-order valence-electron chi connectivity index (χ1n) is 9.41. The molecule has 32 heavy (non-hydrogen) atoms. The highest BCUT2D eigenvalue weighted by atomic mass is 35.5. The fourth-order valence-electron chi connectivity index (χ4n) is 3.49. The van der Waals surface area contributed by atoms with Crippen LogP contribution < -0.4 is 5.49 Å². The maximum absolute atomic E-state index is 12.3. The van der Waals surface area contributed by atoms with E-state index in [0.717, 1.165) is 0 Å². The number of aliphatic hydroxyl groups is 3. The van der Waals surface area contributed by atoms with Crippen LogP contribution in [0.2, 0.25) is 10.0 Å². The van der Waals surface area contributed by atoms with Gasteiger partial charge in [0.15, 0.2) is 18.3 Å². The molecule has 4 rings (SSSR count). The molecule has 0 aliphatic carbocycles. The summed E-state index contributed by atoms with van der Waals surface area (Å²) in [6.45, 7) is -0.872. The lowest BCUT2D eigenvalue weighted by molar-refractivity contribution is -0.0848. The van der Waals surface area contributed by atoms with E-state index in [-0.39, 0.29) is 16.2 Å². The van der Waals surface area contributed by atoms with Crippen LogP contribution in [0.15, 0.2) is 41.9 Å². The third-order valence-electron chi connectivity index (χ3n) is 5.03. The van der Waals surface area contributed by atoms with Crippen molar-refractivity contribution >= 4 is 34.2 Å². The van der Waals surface area contributed by atoms with Crippen molar-refractivity contribution in [2.75, 3.05) is 6.61 Å². The molecule has 0 unspecified atom stereocenters. The number of H-pyrrole nitrogens is 1. The number of halogens is 4. The summed E-state index contributed by atoms with van der Waals surface area (Å²) in [5.74, 6) is 0. The average Bonchev–Trinajstić information content (AvgIpc) is 3.31. The van der Waals surface area contributed by atoms with E-state index in [2.05, 4.69) is 20.0 Å². The first kappa shape index (κ1) is 22.9. The molecule has 0 spiro atoms. The Morgan fingerprint density at radius 1 is 1.22 bits per heavy atom. The van der Waals surface area contributed by atoms with Gasteiger partial charge in [-0.05, 0) is 23.8 Å². The van der Waals surface area contributed by atoms with E-state index in [9.17, 15) is 24.1 Å². The highest BCUT2D eigenvalue weighted by Crippen LogP contribution is 2.38. The SMILES string of the molecule is O[C@@H]1[C@H](O)[C@@H]([C@H](O)c2ccc(Cl)c(Cl)c2)O[C@H]1n1ccc2c(=NOCC(F)F)[nH]cnc21. The van der Waals surface area contributed by atoms with Crippen molar-refractivity contribution in [2.45, 2.75) is 37.1 Å². The molecule has 5 atom stereocenters. The van der Waals surface area contributed by atoms with Gasteiger partial charge in [-0.2, -0.15) is 0 Å². The Labute approximate surface area is 189 Å². The third-order valence-corrected chi connectivity index (χ3v) is 5.77. The maximum atomic E-state index is 12.3. The molecule has 4 N–H and O–H groups in total. The Hall–Kier alpha value is -2.28. The molecule has 0 radical (unpaired) electrons. The molecule has 13 heteroatoms. The second-order valence-corrected chi connectivity index (χ2v) is 7.89. The minimum Gasteiger partial charge on any atom is -0.388 e. The Bertz CT molecular complexity index is 1170. The number of nitrogens with one attached hydrogen (secondary N) is 1. The number of fused-ring (bicyclic) bond motifs is 1. The molecule has 0 bridgehead atoms. The third kappa shape index (κ3) is 4.32. The van der Waals surface area contributed by atoms with Gasteiger partial charge in [-0.25, -0.2) is 13.8 Å². The maximum Gasteiger partial charge on any atom is 0.274 e. The number of aromatic nitrogens is 3. The number of alkyl halides is 2. The molecule has 1 aliphatic heterocycles. The number of aliphatic hydroxyl groups excluding tert-OH is 3. The van der Waals surface area contributed by atoms with Crippen LogP contribution in [0.25, 0.3) is 11.0 Å². The molecule has 1 aromatic carbocycles. The minimum atomic E-state index is -2.68. The number of aromatic amines is 1. The van der Waals surface area contributed by atoms with Gasteiger partial charge < -0.3 is 34.4 Å². The van der Waals surface area contributed by atoms with Gasteiger partial charge in [-0.1, -0.05) is 34.4 Å². The molecule has 0 saturated carbocycles. The van der Waals surface area contributed by atoms with Crippen LogP contribution in [0, 0.1) is 0 Å². The fraction of sp³-hybridized carbons (Fsp3) is 0.368. The van der Waals surface area contributed by atoms with Crippen LogP contribution >= 0.6 is 23.2 Å². The number of ether oxygens (including phenoxy) is 1. The summed E-state index contributed by atoms with van der Waals surface area (Å²) in [5, 5.41) is 36.4. The Morgan fingerprint density at radius 2 is 2.00 bits per heavy atom. The number of benzene rings is 1. The standard InChI is InChI=1S/C19H18Cl2F2N4O5/c20-10-2-1-8(5-11(10)21)13(28)16-14(29)15(30)19(32-16)27-4-3-9-17(24-7-25-18(9)27)26-31-6-12(22)23/h1-5,7,12-16,19,28-30H,6H2,(H,24,25,26)/t13-,14+,15-,16-,19-/m1/s1. The minimum absolute atomic E-state index is 0.134. The molecule has 1 aliphatic rings.